The van der Waals surface area contributed by atoms with Crippen molar-refractivity contribution in [2.45, 2.75) is 30.8 Å². The van der Waals surface area contributed by atoms with E-state index in [1.165, 1.54) is 72.7 Å². The number of anilines is 1. The number of hydrogen-bond donors (Lipinski definition) is 2. The van der Waals surface area contributed by atoms with E-state index in [1.807, 2.05) is 12.1 Å². The average molecular weight is 668 g/mol. The number of rotatable bonds is 15. The minimum absolute atomic E-state index is 0.0129. The second-order valence-electron chi connectivity index (χ2n) is 10.4. The predicted octanol–water partition coefficient (Wildman–Crippen LogP) is 4.94. The third kappa shape index (κ3) is 9.66. The van der Waals surface area contributed by atoms with Gasteiger partial charge in [0.1, 0.15) is 23.4 Å². The third-order valence-corrected chi connectivity index (χ3v) is 8.58. The highest BCUT2D eigenvalue weighted by atomic mass is 32.2. The molecule has 10 nitrogen and oxygen atoms in total. The fourth-order valence-electron chi connectivity index (χ4n) is 4.56. The summed E-state index contributed by atoms with van der Waals surface area (Å²) in [6.07, 6.45) is 0.499. The van der Waals surface area contributed by atoms with Gasteiger partial charge < -0.3 is 24.4 Å². The number of nitrogens with zero attached hydrogens (tertiary/aromatic N) is 1. The molecule has 0 saturated heterocycles. The number of methoxy groups -OCH3 is 2. The molecule has 0 fully saturated rings. The quantitative estimate of drug-likeness (QED) is 0.184. The van der Waals surface area contributed by atoms with Crippen LogP contribution in [-0.2, 0) is 32.6 Å². The van der Waals surface area contributed by atoms with Crippen LogP contribution in [0.1, 0.15) is 18.1 Å². The Kier molecular flexibility index (Phi) is 11.7. The largest absolute Gasteiger partial charge is 0.493 e. The van der Waals surface area contributed by atoms with Crippen molar-refractivity contribution >= 4 is 27.5 Å². The van der Waals surface area contributed by atoms with Gasteiger partial charge in [-0.05, 0) is 97.3 Å². The van der Waals surface area contributed by atoms with Gasteiger partial charge in [-0.2, -0.15) is 0 Å². The Morgan fingerprint density at radius 2 is 1.40 bits per heavy atom. The van der Waals surface area contributed by atoms with Gasteiger partial charge >= 0.3 is 0 Å². The lowest BCUT2D eigenvalue weighted by atomic mass is 10.1. The molecule has 1 atom stereocenters. The van der Waals surface area contributed by atoms with E-state index in [1.54, 1.807) is 20.1 Å². The Hall–Kier alpha value is -5.17. The van der Waals surface area contributed by atoms with Gasteiger partial charge in [-0.25, -0.2) is 17.2 Å². The van der Waals surface area contributed by atoms with Crippen molar-refractivity contribution in [1.82, 2.24) is 10.2 Å². The van der Waals surface area contributed by atoms with Gasteiger partial charge in [0.2, 0.25) is 5.91 Å². The van der Waals surface area contributed by atoms with Gasteiger partial charge in [0.15, 0.2) is 18.1 Å². The van der Waals surface area contributed by atoms with Crippen molar-refractivity contribution in [2.75, 3.05) is 32.1 Å². The lowest BCUT2D eigenvalue weighted by molar-refractivity contribution is -0.142. The summed E-state index contributed by atoms with van der Waals surface area (Å²) in [6, 6.07) is 20.4. The molecule has 0 aliphatic heterocycles. The second kappa shape index (κ2) is 15.9. The summed E-state index contributed by atoms with van der Waals surface area (Å²) < 4.78 is 70.7. The molecule has 1 unspecified atom stereocenters. The number of halogens is 2. The topological polar surface area (TPSA) is 123 Å². The number of nitrogens with one attached hydrogen (secondary N) is 2. The van der Waals surface area contributed by atoms with E-state index in [2.05, 4.69) is 10.0 Å². The van der Waals surface area contributed by atoms with E-state index in [0.29, 0.717) is 30.0 Å². The monoisotopic (exact) mass is 667 g/mol. The van der Waals surface area contributed by atoms with Crippen molar-refractivity contribution in [3.63, 3.8) is 0 Å². The predicted molar refractivity (Wildman–Crippen MR) is 172 cm³/mol. The number of sulfonamides is 1. The molecule has 2 N–H and O–H groups in total. The zero-order chi connectivity index (χ0) is 34.0. The summed E-state index contributed by atoms with van der Waals surface area (Å²) in [6.45, 7) is 1.43. The first-order valence-electron chi connectivity index (χ1n) is 14.5. The van der Waals surface area contributed by atoms with Gasteiger partial charge in [0, 0.05) is 18.8 Å². The molecule has 0 heterocycles. The number of ether oxygens (including phenoxy) is 3. The molecule has 47 heavy (non-hydrogen) atoms. The van der Waals surface area contributed by atoms with Crippen LogP contribution in [-0.4, -0.2) is 58.5 Å². The van der Waals surface area contributed by atoms with Crippen LogP contribution in [0.3, 0.4) is 0 Å². The highest BCUT2D eigenvalue weighted by Gasteiger charge is 2.26. The maximum absolute atomic E-state index is 13.5. The Balaban J connectivity index is 1.39. The van der Waals surface area contributed by atoms with E-state index < -0.39 is 46.1 Å². The number of amides is 2. The summed E-state index contributed by atoms with van der Waals surface area (Å²) in [5.41, 5.74) is 1.71. The van der Waals surface area contributed by atoms with Gasteiger partial charge in [0.05, 0.1) is 19.1 Å². The molecule has 4 aromatic rings. The Bertz CT molecular complexity index is 1770. The number of benzene rings is 4. The summed E-state index contributed by atoms with van der Waals surface area (Å²) in [5.74, 6) is -0.483. The Morgan fingerprint density at radius 1 is 0.809 bits per heavy atom. The maximum atomic E-state index is 13.5. The minimum atomic E-state index is -3.96. The zero-order valence-corrected chi connectivity index (χ0v) is 26.9. The van der Waals surface area contributed by atoms with Crippen molar-refractivity contribution < 1.29 is 41.0 Å². The van der Waals surface area contributed by atoms with Crippen LogP contribution in [0.4, 0.5) is 14.5 Å². The molecular weight excluding hydrogens is 632 g/mol. The molecule has 0 spiro atoms. The van der Waals surface area contributed by atoms with Gasteiger partial charge in [-0.1, -0.05) is 18.2 Å². The maximum Gasteiger partial charge on any atom is 0.261 e. The van der Waals surface area contributed by atoms with Crippen LogP contribution in [0.5, 0.6) is 17.2 Å². The van der Waals surface area contributed by atoms with Crippen LogP contribution in [0, 0.1) is 11.6 Å². The average Bonchev–Trinajstić information content (AvgIpc) is 3.07. The summed E-state index contributed by atoms with van der Waals surface area (Å²) >= 11 is 0. The van der Waals surface area contributed by atoms with Crippen LogP contribution in [0.15, 0.2) is 95.9 Å². The van der Waals surface area contributed by atoms with E-state index in [9.17, 15) is 26.8 Å². The molecule has 4 rings (SSSR count). The fourth-order valence-corrected chi connectivity index (χ4v) is 5.62. The number of carbonyl (C=O) groups excluding carboxylic acids is 2. The minimum Gasteiger partial charge on any atom is -0.493 e. The molecule has 248 valence electrons. The van der Waals surface area contributed by atoms with Crippen LogP contribution >= 0.6 is 0 Å². The molecular formula is C34H35F2N3O7S. The van der Waals surface area contributed by atoms with Crippen molar-refractivity contribution in [3.05, 3.63) is 114 Å². The van der Waals surface area contributed by atoms with Crippen molar-refractivity contribution in [2.24, 2.45) is 0 Å². The molecule has 13 heteroatoms. The molecule has 0 radical (unpaired) electrons. The molecule has 0 bridgehead atoms. The van der Waals surface area contributed by atoms with Crippen LogP contribution < -0.4 is 24.2 Å². The second-order valence-corrected chi connectivity index (χ2v) is 12.1. The first kappa shape index (κ1) is 34.7. The Morgan fingerprint density at radius 3 is 2.02 bits per heavy atom. The van der Waals surface area contributed by atoms with E-state index >= 15 is 0 Å². The van der Waals surface area contributed by atoms with Gasteiger partial charge in [0.25, 0.3) is 15.9 Å². The molecule has 0 aliphatic rings. The third-order valence-electron chi connectivity index (χ3n) is 7.19. The fraction of sp³-hybridized carbons (Fsp3) is 0.235. The lowest BCUT2D eigenvalue weighted by Gasteiger charge is -2.28. The molecule has 0 aliphatic carbocycles. The van der Waals surface area contributed by atoms with Crippen molar-refractivity contribution in [1.29, 1.82) is 0 Å². The molecule has 0 aromatic heterocycles. The van der Waals surface area contributed by atoms with E-state index in [0.717, 1.165) is 17.7 Å². The number of hydrogen-bond acceptors (Lipinski definition) is 7. The van der Waals surface area contributed by atoms with Gasteiger partial charge in [-0.15, -0.1) is 0 Å². The normalized spacial score (nSPS) is 11.7. The molecule has 4 aromatic carbocycles. The summed E-state index contributed by atoms with van der Waals surface area (Å²) in [7, 11) is -0.882. The first-order chi connectivity index (χ1) is 22.5. The number of carbonyl (C=O) groups is 2. The van der Waals surface area contributed by atoms with Crippen molar-refractivity contribution in [3.8, 4) is 17.2 Å². The summed E-state index contributed by atoms with van der Waals surface area (Å²) in [5, 5.41) is 2.85. The zero-order valence-electron chi connectivity index (χ0n) is 26.0. The first-order valence-corrected chi connectivity index (χ1v) is 16.0. The van der Waals surface area contributed by atoms with Crippen LogP contribution in [0.2, 0.25) is 0 Å². The highest BCUT2D eigenvalue weighted by molar-refractivity contribution is 7.92. The molecule has 0 saturated carbocycles. The van der Waals surface area contributed by atoms with E-state index in [-0.39, 0.29) is 22.9 Å². The Labute approximate surface area is 272 Å². The van der Waals surface area contributed by atoms with Crippen LogP contribution in [0.25, 0.3) is 0 Å². The summed E-state index contributed by atoms with van der Waals surface area (Å²) in [4.78, 5) is 27.8. The standard InChI is InChI=1S/C34H35F2N3O7S/c1-23(34(41)37-19-18-24-6-17-31(44-2)32(20-24)45-3)39(21-25-4-7-26(35)8-5-25)33(40)22-46-29-13-15-30(16-14-29)47(42,43)38-28-11-9-27(36)10-12-28/h4-17,20,23,38H,18-19,21-22H2,1-3H3,(H,37,41). The SMILES string of the molecule is COc1ccc(CCNC(=O)C(C)N(Cc2ccc(F)cc2)C(=O)COc2ccc(S(=O)(=O)Nc3ccc(F)cc3)cc2)cc1OC. The molecule has 2 amide bonds. The highest BCUT2D eigenvalue weighted by Crippen LogP contribution is 2.27. The van der Waals surface area contributed by atoms with E-state index in [4.69, 9.17) is 14.2 Å². The lowest BCUT2D eigenvalue weighted by Crippen LogP contribution is -2.49. The van der Waals surface area contributed by atoms with Gasteiger partial charge in [-0.3, -0.25) is 14.3 Å². The smallest absolute Gasteiger partial charge is 0.261 e.